The molecular formula is C20H25N5O5S. The van der Waals surface area contributed by atoms with Gasteiger partial charge in [-0.05, 0) is 17.7 Å². The van der Waals surface area contributed by atoms with Crippen molar-refractivity contribution in [3.63, 3.8) is 0 Å². The standard InChI is InChI=1S/C20H25N5O5S/c1-4-16-21-17-18(24(16)2)22-20(23-19(17)25-7-9-30-10-8-25)31(27,28)12-13-5-6-15(29-3)14(26)11-13/h5-6,11,26H,4,7-10,12H2,1-3H3. The normalized spacial score (nSPS) is 14.9. The van der Waals surface area contributed by atoms with Gasteiger partial charge in [0.25, 0.3) is 5.16 Å². The third-order valence-corrected chi connectivity index (χ3v) is 6.73. The van der Waals surface area contributed by atoms with Gasteiger partial charge in [-0.3, -0.25) is 0 Å². The molecular weight excluding hydrogens is 422 g/mol. The van der Waals surface area contributed by atoms with Gasteiger partial charge in [0.2, 0.25) is 9.84 Å². The molecule has 10 nitrogen and oxygen atoms in total. The first-order valence-corrected chi connectivity index (χ1v) is 11.6. The van der Waals surface area contributed by atoms with Crippen LogP contribution in [0.4, 0.5) is 5.82 Å². The van der Waals surface area contributed by atoms with Crippen molar-refractivity contribution < 1.29 is 23.0 Å². The van der Waals surface area contributed by atoms with Gasteiger partial charge in [-0.2, -0.15) is 9.97 Å². The van der Waals surface area contributed by atoms with E-state index in [0.717, 1.165) is 5.82 Å². The monoisotopic (exact) mass is 447 g/mol. The van der Waals surface area contributed by atoms with Crippen LogP contribution in [-0.4, -0.2) is 66.5 Å². The predicted molar refractivity (Wildman–Crippen MR) is 114 cm³/mol. The van der Waals surface area contributed by atoms with E-state index in [1.54, 1.807) is 10.6 Å². The first kappa shape index (κ1) is 21.3. The largest absolute Gasteiger partial charge is 0.504 e. The summed E-state index contributed by atoms with van der Waals surface area (Å²) in [4.78, 5) is 15.5. The highest BCUT2D eigenvalue weighted by Gasteiger charge is 2.27. The molecule has 0 spiro atoms. The van der Waals surface area contributed by atoms with Gasteiger partial charge >= 0.3 is 0 Å². The second-order valence-electron chi connectivity index (χ2n) is 7.31. The number of methoxy groups -OCH3 is 1. The summed E-state index contributed by atoms with van der Waals surface area (Å²) in [5.74, 6) is 1.10. The van der Waals surface area contributed by atoms with E-state index in [2.05, 4.69) is 15.0 Å². The number of aromatic hydroxyl groups is 1. The Kier molecular flexibility index (Phi) is 5.71. The number of morpholine rings is 1. The van der Waals surface area contributed by atoms with Crippen LogP contribution in [0.2, 0.25) is 0 Å². The van der Waals surface area contributed by atoms with Gasteiger partial charge in [0.15, 0.2) is 28.5 Å². The molecule has 1 N–H and O–H groups in total. The van der Waals surface area contributed by atoms with Crippen molar-refractivity contribution in [3.8, 4) is 11.5 Å². The van der Waals surface area contributed by atoms with E-state index in [1.807, 2.05) is 18.9 Å². The van der Waals surface area contributed by atoms with Crippen LogP contribution < -0.4 is 9.64 Å². The highest BCUT2D eigenvalue weighted by atomic mass is 32.2. The quantitative estimate of drug-likeness (QED) is 0.560. The first-order valence-electron chi connectivity index (χ1n) is 9.98. The smallest absolute Gasteiger partial charge is 0.251 e. The fraction of sp³-hybridized carbons (Fsp3) is 0.450. The van der Waals surface area contributed by atoms with Crippen molar-refractivity contribution in [3.05, 3.63) is 29.6 Å². The molecule has 1 aromatic carbocycles. The van der Waals surface area contributed by atoms with Gasteiger partial charge in [0.1, 0.15) is 5.82 Å². The van der Waals surface area contributed by atoms with Gasteiger partial charge in [0.05, 0.1) is 26.1 Å². The number of nitrogens with zero attached hydrogens (tertiary/aromatic N) is 5. The van der Waals surface area contributed by atoms with Gasteiger partial charge in [-0.1, -0.05) is 13.0 Å². The summed E-state index contributed by atoms with van der Waals surface area (Å²) < 4.78 is 38.7. The van der Waals surface area contributed by atoms with E-state index in [4.69, 9.17) is 9.47 Å². The van der Waals surface area contributed by atoms with Crippen molar-refractivity contribution in [2.75, 3.05) is 38.3 Å². The van der Waals surface area contributed by atoms with Crippen LogP contribution in [0.25, 0.3) is 11.2 Å². The number of hydrogen-bond acceptors (Lipinski definition) is 9. The van der Waals surface area contributed by atoms with E-state index in [-0.39, 0.29) is 22.4 Å². The lowest BCUT2D eigenvalue weighted by Gasteiger charge is -2.28. The average molecular weight is 448 g/mol. The van der Waals surface area contributed by atoms with Crippen LogP contribution >= 0.6 is 0 Å². The summed E-state index contributed by atoms with van der Waals surface area (Å²) in [5, 5.41) is 9.74. The second-order valence-corrected chi connectivity index (χ2v) is 9.19. The summed E-state index contributed by atoms with van der Waals surface area (Å²) >= 11 is 0. The van der Waals surface area contributed by atoms with E-state index in [9.17, 15) is 13.5 Å². The Hall–Kier alpha value is -2.92. The number of phenols is 1. The SMILES string of the molecule is CCc1nc2c(N3CCOCC3)nc(S(=O)(=O)Cc3ccc(OC)c(O)c3)nc2n1C. The maximum absolute atomic E-state index is 13.2. The number of aryl methyl sites for hydroxylation is 2. The van der Waals surface area contributed by atoms with Crippen LogP contribution in [-0.2, 0) is 33.8 Å². The summed E-state index contributed by atoms with van der Waals surface area (Å²) in [5.41, 5.74) is 1.47. The lowest BCUT2D eigenvalue weighted by Crippen LogP contribution is -2.37. The molecule has 3 aromatic rings. The molecule has 11 heteroatoms. The lowest BCUT2D eigenvalue weighted by atomic mass is 10.2. The number of aromatic nitrogens is 4. The molecule has 0 unspecified atom stereocenters. The average Bonchev–Trinajstić information content (AvgIpc) is 3.09. The third-order valence-electron chi connectivity index (χ3n) is 5.28. The van der Waals surface area contributed by atoms with Gasteiger partial charge in [-0.25, -0.2) is 13.4 Å². The Morgan fingerprint density at radius 3 is 2.58 bits per heavy atom. The number of ether oxygens (including phenoxy) is 2. The number of imidazole rings is 1. The van der Waals surface area contributed by atoms with E-state index >= 15 is 0 Å². The number of sulfone groups is 1. The molecule has 1 aliphatic heterocycles. The number of rotatable bonds is 6. The van der Waals surface area contributed by atoms with Gasteiger partial charge in [0, 0.05) is 26.6 Å². The first-order chi connectivity index (χ1) is 14.8. The number of fused-ring (bicyclic) bond motifs is 1. The van der Waals surface area contributed by atoms with Gasteiger partial charge < -0.3 is 24.0 Å². The van der Waals surface area contributed by atoms with Crippen LogP contribution in [0.3, 0.4) is 0 Å². The predicted octanol–water partition coefficient (Wildman–Crippen LogP) is 1.45. The Labute approximate surface area is 180 Å². The van der Waals surface area contributed by atoms with E-state index in [1.165, 1.54) is 19.2 Å². The Balaban J connectivity index is 1.80. The van der Waals surface area contributed by atoms with Crippen molar-refractivity contribution in [1.29, 1.82) is 0 Å². The highest BCUT2D eigenvalue weighted by molar-refractivity contribution is 7.90. The van der Waals surface area contributed by atoms with E-state index < -0.39 is 9.84 Å². The van der Waals surface area contributed by atoms with Crippen LogP contribution in [0.5, 0.6) is 11.5 Å². The fourth-order valence-electron chi connectivity index (χ4n) is 3.63. The Morgan fingerprint density at radius 1 is 1.19 bits per heavy atom. The fourth-order valence-corrected chi connectivity index (χ4v) is 4.83. The van der Waals surface area contributed by atoms with Gasteiger partial charge in [-0.15, -0.1) is 0 Å². The summed E-state index contributed by atoms with van der Waals surface area (Å²) in [7, 11) is -0.637. The zero-order valence-electron chi connectivity index (χ0n) is 17.7. The molecule has 1 fully saturated rings. The zero-order valence-corrected chi connectivity index (χ0v) is 18.5. The molecule has 0 aliphatic carbocycles. The molecule has 0 amide bonds. The topological polar surface area (TPSA) is 120 Å². The second kappa shape index (κ2) is 8.31. The maximum Gasteiger partial charge on any atom is 0.251 e. The molecule has 3 heterocycles. The molecule has 31 heavy (non-hydrogen) atoms. The molecule has 2 aromatic heterocycles. The van der Waals surface area contributed by atoms with Crippen LogP contribution in [0.1, 0.15) is 18.3 Å². The number of anilines is 1. The van der Waals surface area contributed by atoms with Crippen molar-refractivity contribution in [2.24, 2.45) is 7.05 Å². The zero-order chi connectivity index (χ0) is 22.2. The molecule has 0 saturated carbocycles. The van der Waals surface area contributed by atoms with Crippen LogP contribution in [0, 0.1) is 0 Å². The molecule has 1 saturated heterocycles. The number of benzene rings is 1. The molecule has 0 atom stereocenters. The molecule has 0 bridgehead atoms. The summed E-state index contributed by atoms with van der Waals surface area (Å²) in [6.45, 7) is 4.24. The van der Waals surface area contributed by atoms with Crippen molar-refractivity contribution in [1.82, 2.24) is 19.5 Å². The van der Waals surface area contributed by atoms with Crippen LogP contribution in [0.15, 0.2) is 23.4 Å². The summed E-state index contributed by atoms with van der Waals surface area (Å²) in [6.07, 6.45) is 0.683. The lowest BCUT2D eigenvalue weighted by molar-refractivity contribution is 0.122. The molecule has 1 aliphatic rings. The highest BCUT2D eigenvalue weighted by Crippen LogP contribution is 2.30. The Bertz CT molecular complexity index is 1220. The number of hydrogen-bond donors (Lipinski definition) is 1. The minimum Gasteiger partial charge on any atom is -0.504 e. The Morgan fingerprint density at radius 2 is 1.94 bits per heavy atom. The van der Waals surface area contributed by atoms with E-state index in [0.29, 0.717) is 55.3 Å². The molecule has 166 valence electrons. The maximum atomic E-state index is 13.2. The number of phenolic OH excluding ortho intramolecular Hbond substituents is 1. The minimum absolute atomic E-state index is 0.125. The molecule has 4 rings (SSSR count). The molecule has 0 radical (unpaired) electrons. The van der Waals surface area contributed by atoms with Crippen molar-refractivity contribution >= 4 is 26.8 Å². The third kappa shape index (κ3) is 4.02. The summed E-state index contributed by atoms with van der Waals surface area (Å²) in [6, 6.07) is 4.49. The minimum atomic E-state index is -3.89. The van der Waals surface area contributed by atoms with Crippen molar-refractivity contribution in [2.45, 2.75) is 24.3 Å².